The number of fused-ring (bicyclic) bond motifs is 4. The van der Waals surface area contributed by atoms with Gasteiger partial charge in [0.2, 0.25) is 13.1 Å². The standard InChI is InChI=1S/C42H49N7O5.C37H41N7O3/c1-41(2,3)54-40(51)49-21-12-20-42(49,4)29-53-38-44-35-27-46(36-18-11-16-31-15-9-10-17-33(31)36)22-19-34(35)37(45-38)47-23-24-48(32(26-47)25-43-5)39(50)52-28-30-13-7-6-8-14-30;1-37(17-9-18-39-37)26-47-35-40-32-24-42(33-15-8-13-28-12-6-7-14-30(28)33)19-16-31(32)34(41-35)43-20-21-44(29(23-43)22-38-2)36(45)46-25-27-10-4-3-5-11-27/h6-11,13-18,32H,12,19-29H2,1-4H3;3-8,10-15,29,39H,9,16-26H2,1H3/t32?,42-;29?,37-/m00/s1. The summed E-state index contributed by atoms with van der Waals surface area (Å²) in [6.07, 6.45) is 4.09. The lowest BCUT2D eigenvalue weighted by molar-refractivity contribution is 0.00161. The molecule has 22 nitrogen and oxygen atoms in total. The number of amides is 3. The number of nitrogens with zero attached hydrogens (tertiary/aromatic N) is 13. The highest BCUT2D eigenvalue weighted by atomic mass is 16.6. The number of ether oxygens (including phenoxy) is 5. The Labute approximate surface area is 591 Å². The fraction of sp³-hybridized carbons (Fsp3) is 0.430. The molecule has 3 amide bonds. The molecule has 6 aliphatic rings. The van der Waals surface area contributed by atoms with Gasteiger partial charge < -0.3 is 58.3 Å². The molecule has 6 aliphatic heterocycles. The van der Waals surface area contributed by atoms with Crippen molar-refractivity contribution in [3.8, 4) is 12.0 Å². The summed E-state index contributed by atoms with van der Waals surface area (Å²) >= 11 is 0. The van der Waals surface area contributed by atoms with Crippen LogP contribution in [0.25, 0.3) is 31.2 Å². The predicted octanol–water partition coefficient (Wildman–Crippen LogP) is 12.6. The first-order valence-electron chi connectivity index (χ1n) is 35.4. The molecule has 0 aliphatic carbocycles. The van der Waals surface area contributed by atoms with Crippen LogP contribution in [0.5, 0.6) is 12.0 Å². The van der Waals surface area contributed by atoms with Crippen molar-refractivity contribution in [3.63, 3.8) is 0 Å². The quantitative estimate of drug-likeness (QED) is 0.0709. The van der Waals surface area contributed by atoms with E-state index in [9.17, 15) is 14.4 Å². The summed E-state index contributed by atoms with van der Waals surface area (Å²) < 4.78 is 29.9. The van der Waals surface area contributed by atoms with E-state index in [4.69, 9.17) is 56.8 Å². The molecule has 0 radical (unpaired) electrons. The highest BCUT2D eigenvalue weighted by molar-refractivity contribution is 5.95. The van der Waals surface area contributed by atoms with E-state index in [1.54, 1.807) is 14.7 Å². The Morgan fingerprint density at radius 1 is 0.535 bits per heavy atom. The van der Waals surface area contributed by atoms with Gasteiger partial charge in [0.25, 0.3) is 0 Å². The molecule has 101 heavy (non-hydrogen) atoms. The number of aromatic nitrogens is 4. The molecule has 8 aromatic rings. The molecule has 6 aromatic carbocycles. The molecule has 8 heterocycles. The van der Waals surface area contributed by atoms with Gasteiger partial charge in [0.1, 0.15) is 55.7 Å². The first kappa shape index (κ1) is 69.0. The Morgan fingerprint density at radius 2 is 1.01 bits per heavy atom. The summed E-state index contributed by atoms with van der Waals surface area (Å²) in [6, 6.07) is 48.9. The second kappa shape index (κ2) is 30.6. The van der Waals surface area contributed by atoms with Gasteiger partial charge in [0, 0.05) is 97.7 Å². The van der Waals surface area contributed by atoms with E-state index < -0.39 is 17.2 Å². The SMILES string of the molecule is [C-]#[N+]CC1CN(c2nc(OC[C@]3(C)CCCN3)nc3c2CCN(c2cccc4ccccc24)C3)CCN1C(=O)OCc1ccccc1.[C-]#[N+]CC1CN(c2nc(OC[C@]3(C)CCCN3C(=O)OC(C)(C)C)nc3c2CCN(c2cccc4ccccc24)C3)CCN1C(=O)OCc1ccccc1. The second-order valence-corrected chi connectivity index (χ2v) is 28.6. The molecular weight excluding hydrogens is 1270 g/mol. The monoisotopic (exact) mass is 1360 g/mol. The highest BCUT2D eigenvalue weighted by Gasteiger charge is 2.44. The molecule has 22 heteroatoms. The van der Waals surface area contributed by atoms with Crippen LogP contribution in [0.4, 0.5) is 37.4 Å². The molecule has 1 N–H and O–H groups in total. The van der Waals surface area contributed by atoms with Crippen LogP contribution in [0.15, 0.2) is 146 Å². The Bertz CT molecular complexity index is 4340. The van der Waals surface area contributed by atoms with E-state index in [1.807, 2.05) is 88.4 Å². The smallest absolute Gasteiger partial charge is 0.410 e. The van der Waals surface area contributed by atoms with Gasteiger partial charge in [-0.15, -0.1) is 0 Å². The van der Waals surface area contributed by atoms with Crippen LogP contribution in [0.1, 0.15) is 93.9 Å². The molecule has 2 aromatic heterocycles. The minimum absolute atomic E-state index is 0.110. The summed E-state index contributed by atoms with van der Waals surface area (Å²) in [5, 5.41) is 8.37. The largest absolute Gasteiger partial charge is 0.461 e. The molecule has 4 fully saturated rings. The first-order valence-corrected chi connectivity index (χ1v) is 35.4. The number of nitrogens with one attached hydrogen (secondary N) is 1. The van der Waals surface area contributed by atoms with Gasteiger partial charge in [0.15, 0.2) is 0 Å². The van der Waals surface area contributed by atoms with Gasteiger partial charge in [-0.3, -0.25) is 14.7 Å². The van der Waals surface area contributed by atoms with E-state index in [2.05, 4.69) is 126 Å². The molecule has 0 bridgehead atoms. The van der Waals surface area contributed by atoms with Crippen molar-refractivity contribution in [2.24, 2.45) is 0 Å². The summed E-state index contributed by atoms with van der Waals surface area (Å²) in [7, 11) is 0. The topological polar surface area (TPSA) is 192 Å². The average Bonchev–Trinajstić information content (AvgIpc) is 0.929. The molecule has 0 spiro atoms. The second-order valence-electron chi connectivity index (χ2n) is 28.6. The van der Waals surface area contributed by atoms with Crippen molar-refractivity contribution in [2.75, 3.05) is 111 Å². The zero-order valence-corrected chi connectivity index (χ0v) is 58.6. The number of benzene rings is 6. The minimum Gasteiger partial charge on any atom is -0.461 e. The minimum atomic E-state index is -0.609. The lowest BCUT2D eigenvalue weighted by Crippen LogP contribution is -2.57. The lowest BCUT2D eigenvalue weighted by Gasteiger charge is -2.41. The summed E-state index contributed by atoms with van der Waals surface area (Å²) in [5.41, 5.74) is 6.85. The van der Waals surface area contributed by atoms with Crippen molar-refractivity contribution < 1.29 is 38.1 Å². The zero-order chi connectivity index (χ0) is 70.1. The predicted molar refractivity (Wildman–Crippen MR) is 390 cm³/mol. The van der Waals surface area contributed by atoms with Crippen LogP contribution in [0, 0.1) is 13.1 Å². The maximum absolute atomic E-state index is 13.3. The van der Waals surface area contributed by atoms with Crippen LogP contribution in [0.2, 0.25) is 0 Å². The highest BCUT2D eigenvalue weighted by Crippen LogP contribution is 2.39. The molecule has 14 rings (SSSR count). The van der Waals surface area contributed by atoms with Crippen molar-refractivity contribution in [1.82, 2.24) is 40.0 Å². The van der Waals surface area contributed by atoms with Crippen LogP contribution in [-0.2, 0) is 53.4 Å². The molecule has 2 unspecified atom stereocenters. The van der Waals surface area contributed by atoms with Crippen LogP contribution in [-0.4, -0.2) is 173 Å². The number of likely N-dealkylation sites (tertiary alicyclic amines) is 1. The van der Waals surface area contributed by atoms with Crippen molar-refractivity contribution in [2.45, 2.75) is 128 Å². The molecule has 4 atom stereocenters. The zero-order valence-electron chi connectivity index (χ0n) is 58.6. The summed E-state index contributed by atoms with van der Waals surface area (Å²) in [6.45, 7) is 33.8. The van der Waals surface area contributed by atoms with Crippen molar-refractivity contribution in [1.29, 1.82) is 0 Å². The molecular formula is C79H90N14O8. The Kier molecular flexibility index (Phi) is 20.9. The summed E-state index contributed by atoms with van der Waals surface area (Å²) in [4.78, 5) is 81.6. The number of carbonyl (C=O) groups excluding carboxylic acids is 3. The van der Waals surface area contributed by atoms with Crippen LogP contribution < -0.4 is 34.4 Å². The van der Waals surface area contributed by atoms with Gasteiger partial charge in [-0.1, -0.05) is 133 Å². The summed E-state index contributed by atoms with van der Waals surface area (Å²) in [5.74, 6) is 1.61. The fourth-order valence-electron chi connectivity index (χ4n) is 14.8. The Hall–Kier alpha value is -10.5. The van der Waals surface area contributed by atoms with E-state index >= 15 is 0 Å². The van der Waals surface area contributed by atoms with E-state index in [1.165, 1.54) is 27.2 Å². The van der Waals surface area contributed by atoms with Crippen LogP contribution in [0.3, 0.4) is 0 Å². The van der Waals surface area contributed by atoms with Crippen LogP contribution >= 0.6 is 0 Å². The van der Waals surface area contributed by atoms with Gasteiger partial charge in [-0.25, -0.2) is 27.5 Å². The normalized spacial score (nSPS) is 20.4. The van der Waals surface area contributed by atoms with E-state index in [0.717, 1.165) is 103 Å². The van der Waals surface area contributed by atoms with Gasteiger partial charge in [0.05, 0.1) is 30.0 Å². The van der Waals surface area contributed by atoms with Gasteiger partial charge in [-0.2, -0.15) is 19.9 Å². The number of hydrogen-bond donors (Lipinski definition) is 1. The third-order valence-electron chi connectivity index (χ3n) is 20.2. The maximum atomic E-state index is 13.3. The third kappa shape index (κ3) is 16.1. The molecule has 0 saturated carbocycles. The molecule has 4 saturated heterocycles. The van der Waals surface area contributed by atoms with Gasteiger partial charge >= 0.3 is 30.3 Å². The number of carbonyl (C=O) groups is 3. The van der Waals surface area contributed by atoms with Crippen molar-refractivity contribution in [3.05, 3.63) is 202 Å². The Balaban J connectivity index is 0.000000182. The third-order valence-corrected chi connectivity index (χ3v) is 20.2. The van der Waals surface area contributed by atoms with Gasteiger partial charge in [-0.05, 0) is 114 Å². The number of piperazine rings is 2. The lowest BCUT2D eigenvalue weighted by atomic mass is 10.0. The number of anilines is 4. The van der Waals surface area contributed by atoms with E-state index in [-0.39, 0.29) is 68.7 Å². The Morgan fingerprint density at radius 3 is 1.49 bits per heavy atom. The van der Waals surface area contributed by atoms with Crippen molar-refractivity contribution >= 4 is 62.8 Å². The first-order chi connectivity index (χ1) is 49.0. The fourth-order valence-corrected chi connectivity index (χ4v) is 14.8. The number of rotatable bonds is 16. The average molecular weight is 1360 g/mol. The molecule has 524 valence electrons. The van der Waals surface area contributed by atoms with E-state index in [0.29, 0.717) is 77.9 Å². The number of hydrogen-bond acceptors (Lipinski definition) is 17. The maximum Gasteiger partial charge on any atom is 0.410 e.